The molecule has 7 aromatic rings. The largest absolute Gasteiger partial charge is 0.459 e. The van der Waals surface area contributed by atoms with Crippen LogP contribution in [-0.4, -0.2) is 171 Å². The predicted molar refractivity (Wildman–Crippen MR) is 416 cm³/mol. The van der Waals surface area contributed by atoms with Crippen LogP contribution in [0.15, 0.2) is 224 Å². The van der Waals surface area contributed by atoms with E-state index in [2.05, 4.69) is 33.8 Å². The van der Waals surface area contributed by atoms with Crippen molar-refractivity contribution in [3.05, 3.63) is 263 Å². The number of benzene rings is 7. The number of rotatable bonds is 21. The lowest BCUT2D eigenvalue weighted by molar-refractivity contribution is -0.374. The molecule has 5 aliphatic heterocycles. The van der Waals surface area contributed by atoms with Crippen LogP contribution < -0.4 is 0 Å². The number of aliphatic hydroxyl groups is 1. The van der Waals surface area contributed by atoms with E-state index in [0.29, 0.717) is 49.0 Å². The van der Waals surface area contributed by atoms with E-state index in [1.54, 1.807) is 146 Å². The average Bonchev–Trinajstić information content (AvgIpc) is 1.51. The number of aliphatic hydroxyl groups excluding tert-OH is 1. The summed E-state index contributed by atoms with van der Waals surface area (Å²) in [5.74, 6) is -4.40. The van der Waals surface area contributed by atoms with Gasteiger partial charge in [0.2, 0.25) is 0 Å². The van der Waals surface area contributed by atoms with Crippen LogP contribution in [0.1, 0.15) is 165 Å². The quantitative estimate of drug-likeness (QED) is 0.0397. The predicted octanol–water partition coefficient (Wildman–Crippen LogP) is 13.9. The highest BCUT2D eigenvalue weighted by Crippen LogP contribution is 2.71. The maximum atomic E-state index is 14.8. The second-order valence-electron chi connectivity index (χ2n) is 32.9. The molecular formula is C93H98O23. The van der Waals surface area contributed by atoms with Gasteiger partial charge in [0.1, 0.15) is 31.0 Å². The monoisotopic (exact) mass is 1580 g/mol. The summed E-state index contributed by atoms with van der Waals surface area (Å²) < 4.78 is 100. The Hall–Kier alpha value is -9.79. The van der Waals surface area contributed by atoms with E-state index in [0.717, 1.165) is 44.9 Å². The summed E-state index contributed by atoms with van der Waals surface area (Å²) >= 11 is 0. The highest BCUT2D eigenvalue weighted by Gasteiger charge is 2.69. The van der Waals surface area contributed by atoms with Crippen LogP contribution in [-0.2, 0) is 71.1 Å². The van der Waals surface area contributed by atoms with Gasteiger partial charge in [-0.05, 0) is 184 Å². The van der Waals surface area contributed by atoms with Crippen LogP contribution in [0.2, 0.25) is 0 Å². The fourth-order valence-corrected chi connectivity index (χ4v) is 19.9. The van der Waals surface area contributed by atoms with E-state index in [1.807, 2.05) is 0 Å². The first kappa shape index (κ1) is 80.0. The van der Waals surface area contributed by atoms with Crippen LogP contribution >= 0.6 is 0 Å². The summed E-state index contributed by atoms with van der Waals surface area (Å²) in [5, 5.41) is 13.7. The first-order valence-corrected chi connectivity index (χ1v) is 40.6. The van der Waals surface area contributed by atoms with Crippen LogP contribution in [0, 0.1) is 46.3 Å². The Bertz CT molecular complexity index is 4630. The topological polar surface area (TPSA) is 278 Å². The zero-order valence-corrected chi connectivity index (χ0v) is 65.4. The number of hydrogen-bond donors (Lipinski definition) is 1. The third-order valence-electron chi connectivity index (χ3n) is 25.9. The fraction of sp³-hybridized carbons (Fsp3) is 0.452. The van der Waals surface area contributed by atoms with Crippen molar-refractivity contribution in [1.29, 1.82) is 0 Å². The van der Waals surface area contributed by atoms with Gasteiger partial charge in [0, 0.05) is 12.3 Å². The Morgan fingerprint density at radius 1 is 0.448 bits per heavy atom. The Labute approximate surface area is 673 Å². The standard InChI is InChI=1S/C93H98O23/c1-54-43-48-93(104-51-54)55(2)72-69(116-93)50-68-66-42-41-64-49-65(44-46-91(64,4)67(66)45-47-92(68,72)5)106-88-76(115-89-79(113-86(100)62-37-23-11-24-38-62)77(111-84(98)60-33-19-9-20-34-60)74(56(3)105-89)109-82(96)58-29-15-7-16-30-58)73(94)70(52-103-88)107-90-80(114-87(101)63-39-25-12-26-40-63)78(112-85(99)61-35-21-10-22-36-61)75(110-83(97)59-31-17-8-18-32-59)71(108-90)53-102-81(95)57-27-13-6-14-28-57/h6-41,54-56,65-80,88-90,94H,42-53H2,1-5H3/t54-,55+,56+,65+,66-,67+,68+,69+,70+,71-,72+,73+,74+,75-,76-,77-,78+,79-,80-,88+,89+,90-,91+,92+,93-/m1/s1. The van der Waals surface area contributed by atoms with E-state index in [4.69, 9.17) is 71.1 Å². The van der Waals surface area contributed by atoms with E-state index < -0.39 is 153 Å². The number of carbonyl (C=O) groups excluding carboxylic acids is 7. The Kier molecular flexibility index (Phi) is 23.7. The molecule has 1 N–H and O–H groups in total. The number of carbonyl (C=O) groups is 7. The minimum atomic E-state index is -1.96. The van der Waals surface area contributed by atoms with Crippen LogP contribution in [0.25, 0.3) is 0 Å². The normalized spacial score (nSPS) is 35.0. The summed E-state index contributed by atoms with van der Waals surface area (Å²) in [4.78, 5) is 102. The molecule has 9 aliphatic rings. The van der Waals surface area contributed by atoms with Gasteiger partial charge in [-0.3, -0.25) is 0 Å². The molecule has 23 nitrogen and oxygen atoms in total. The molecule has 3 saturated carbocycles. The number of ether oxygens (including phenoxy) is 15. The number of hydrogen-bond acceptors (Lipinski definition) is 23. The number of allylic oxidation sites excluding steroid dienone is 1. The van der Waals surface area contributed by atoms with Gasteiger partial charge in [-0.15, -0.1) is 0 Å². The molecule has 25 atom stereocenters. The molecule has 23 heteroatoms. The maximum absolute atomic E-state index is 14.8. The molecule has 1 spiro atoms. The molecule has 0 bridgehead atoms. The van der Waals surface area contributed by atoms with Crippen molar-refractivity contribution in [2.45, 2.75) is 196 Å². The van der Waals surface area contributed by atoms with E-state index in [9.17, 15) is 38.7 Å². The van der Waals surface area contributed by atoms with Crippen LogP contribution in [0.4, 0.5) is 0 Å². The van der Waals surface area contributed by atoms with Gasteiger partial charge in [0.15, 0.2) is 61.3 Å². The number of esters is 7. The molecule has 5 heterocycles. The molecule has 16 rings (SSSR count). The molecule has 7 aromatic carbocycles. The summed E-state index contributed by atoms with van der Waals surface area (Å²) in [5.41, 5.74) is 1.77. The van der Waals surface area contributed by atoms with Gasteiger partial charge in [-0.25, -0.2) is 33.6 Å². The van der Waals surface area contributed by atoms with E-state index >= 15 is 0 Å². The molecule has 0 amide bonds. The summed E-state index contributed by atoms with van der Waals surface area (Å²) in [6.07, 6.45) is -14.2. The van der Waals surface area contributed by atoms with Crippen molar-refractivity contribution in [3.8, 4) is 0 Å². The second kappa shape index (κ2) is 34.4. The van der Waals surface area contributed by atoms with E-state index in [-0.39, 0.29) is 61.8 Å². The fourth-order valence-electron chi connectivity index (χ4n) is 19.9. The first-order valence-electron chi connectivity index (χ1n) is 40.6. The smallest absolute Gasteiger partial charge is 0.338 e. The van der Waals surface area contributed by atoms with E-state index in [1.165, 1.54) is 78.4 Å². The zero-order chi connectivity index (χ0) is 80.4. The van der Waals surface area contributed by atoms with Gasteiger partial charge in [0.25, 0.3) is 0 Å². The minimum absolute atomic E-state index is 0.0340. The maximum Gasteiger partial charge on any atom is 0.338 e. The van der Waals surface area contributed by atoms with Gasteiger partial charge in [-0.1, -0.05) is 167 Å². The summed E-state index contributed by atoms with van der Waals surface area (Å²) in [6, 6.07) is 56.0. The van der Waals surface area contributed by atoms with Crippen molar-refractivity contribution in [2.75, 3.05) is 19.8 Å². The van der Waals surface area contributed by atoms with Crippen molar-refractivity contribution in [1.82, 2.24) is 0 Å². The van der Waals surface area contributed by atoms with Gasteiger partial charge in [0.05, 0.1) is 70.5 Å². The second-order valence-corrected chi connectivity index (χ2v) is 32.9. The summed E-state index contributed by atoms with van der Waals surface area (Å²) in [6.45, 7) is 10.6. The summed E-state index contributed by atoms with van der Waals surface area (Å²) in [7, 11) is 0. The lowest BCUT2D eigenvalue weighted by atomic mass is 9.47. The molecule has 608 valence electrons. The third kappa shape index (κ3) is 16.4. The van der Waals surface area contributed by atoms with Crippen molar-refractivity contribution in [2.24, 2.45) is 46.3 Å². The average molecular weight is 1580 g/mol. The van der Waals surface area contributed by atoms with Crippen molar-refractivity contribution in [3.63, 3.8) is 0 Å². The first-order chi connectivity index (χ1) is 56.2. The molecule has 0 unspecified atom stereocenters. The van der Waals surface area contributed by atoms with Gasteiger partial charge < -0.3 is 76.2 Å². The Morgan fingerprint density at radius 3 is 1.38 bits per heavy atom. The molecular weight excluding hydrogens is 1480 g/mol. The molecule has 0 radical (unpaired) electrons. The zero-order valence-electron chi connectivity index (χ0n) is 65.4. The Balaban J connectivity index is 0.756. The Morgan fingerprint density at radius 2 is 0.897 bits per heavy atom. The van der Waals surface area contributed by atoms with Crippen LogP contribution in [0.3, 0.4) is 0 Å². The van der Waals surface area contributed by atoms with Gasteiger partial charge >= 0.3 is 41.8 Å². The van der Waals surface area contributed by atoms with Crippen LogP contribution in [0.5, 0.6) is 0 Å². The lowest BCUT2D eigenvalue weighted by Crippen LogP contribution is -2.66. The molecule has 5 saturated heterocycles. The molecule has 4 aliphatic carbocycles. The van der Waals surface area contributed by atoms with Crippen molar-refractivity contribution < 1.29 is 110 Å². The molecule has 0 aromatic heterocycles. The molecule has 116 heavy (non-hydrogen) atoms. The number of fused-ring (bicyclic) bond motifs is 7. The van der Waals surface area contributed by atoms with Gasteiger partial charge in [-0.2, -0.15) is 0 Å². The van der Waals surface area contributed by atoms with Crippen molar-refractivity contribution >= 4 is 41.8 Å². The SMILES string of the molecule is C[C@@H]1CC[C@@]2(OC1)O[C@H]1C[C@H]3[C@@H]4CC=C5C[C@@H](O[C@@H]6OC[C@H](O[C@@H]7O[C@H](COC(=O)c8ccccc8)[C@@H](OC(=O)c8ccccc8)[C@H](OC(=O)c8ccccc8)[C@H]7OC(=O)c7ccccc7)[C@H](O)[C@H]6O[C@@H]6O[C@@H](C)[C@H](OC(=O)c7ccccc7)[C@@H](OC(=O)c7ccccc7)[C@H]6OC(=O)c6ccccc6)CC[C@]5(C)[C@H]4CC[C@]3(C)[C@H]1[C@@H]2C. The minimum Gasteiger partial charge on any atom is -0.459 e. The highest BCUT2D eigenvalue weighted by molar-refractivity contribution is 5.93. The highest BCUT2D eigenvalue weighted by atomic mass is 16.8. The lowest BCUT2D eigenvalue weighted by Gasteiger charge is -2.58. The molecule has 8 fully saturated rings. The third-order valence-corrected chi connectivity index (χ3v) is 25.9.